The molecule has 1 saturated carbocycles. The molecule has 1 aliphatic carbocycles. The molecule has 2 unspecified atom stereocenters. The van der Waals surface area contributed by atoms with Crippen LogP contribution < -0.4 is 5.32 Å². The highest BCUT2D eigenvalue weighted by molar-refractivity contribution is 6.30. The molecule has 21 heavy (non-hydrogen) atoms. The molecule has 0 heterocycles. The lowest BCUT2D eigenvalue weighted by Crippen LogP contribution is -2.29. The van der Waals surface area contributed by atoms with Gasteiger partial charge in [0.2, 0.25) is 6.04 Å². The van der Waals surface area contributed by atoms with E-state index < -0.39 is 35.4 Å². The van der Waals surface area contributed by atoms with Crippen molar-refractivity contribution in [2.75, 3.05) is 6.61 Å². The van der Waals surface area contributed by atoms with Crippen LogP contribution in [-0.4, -0.2) is 29.4 Å². The zero-order valence-electron chi connectivity index (χ0n) is 11.0. The fourth-order valence-corrected chi connectivity index (χ4v) is 2.02. The minimum Gasteiger partial charge on any atom is -0.455 e. The van der Waals surface area contributed by atoms with Gasteiger partial charge in [0.1, 0.15) is 5.92 Å². The maximum Gasteiger partial charge on any atom is 0.316 e. The van der Waals surface area contributed by atoms with E-state index >= 15 is 0 Å². The van der Waals surface area contributed by atoms with Gasteiger partial charge >= 0.3 is 5.97 Å². The standard InChI is InChI=1S/C13H13ClN2O5/c14-9-3-1-2-8(4-9)6-15-12(17)7-21-13(18)10-5-11(10)16(19)20/h1-4,10-11H,5-7H2,(H,15,17). The number of esters is 1. The molecule has 0 spiro atoms. The molecule has 1 aliphatic rings. The van der Waals surface area contributed by atoms with Gasteiger partial charge in [0.05, 0.1) is 0 Å². The van der Waals surface area contributed by atoms with Gasteiger partial charge < -0.3 is 10.1 Å². The van der Waals surface area contributed by atoms with E-state index in [1.165, 1.54) is 0 Å². The number of carbonyl (C=O) groups excluding carboxylic acids is 2. The van der Waals surface area contributed by atoms with Gasteiger partial charge in [-0.3, -0.25) is 19.7 Å². The van der Waals surface area contributed by atoms with E-state index in [-0.39, 0.29) is 13.0 Å². The predicted octanol–water partition coefficient (Wildman–Crippen LogP) is 1.16. The molecule has 112 valence electrons. The van der Waals surface area contributed by atoms with Gasteiger partial charge in [0.15, 0.2) is 6.61 Å². The number of nitro groups is 1. The lowest BCUT2D eigenvalue weighted by molar-refractivity contribution is -0.497. The van der Waals surface area contributed by atoms with Crippen molar-refractivity contribution in [2.45, 2.75) is 19.0 Å². The van der Waals surface area contributed by atoms with Crippen molar-refractivity contribution in [3.05, 3.63) is 45.0 Å². The highest BCUT2D eigenvalue weighted by Crippen LogP contribution is 2.33. The summed E-state index contributed by atoms with van der Waals surface area (Å²) < 4.78 is 4.74. The van der Waals surface area contributed by atoms with E-state index in [2.05, 4.69) is 5.32 Å². The first-order valence-electron chi connectivity index (χ1n) is 6.28. The van der Waals surface area contributed by atoms with Crippen molar-refractivity contribution >= 4 is 23.5 Å². The maximum atomic E-state index is 11.5. The van der Waals surface area contributed by atoms with Crippen molar-refractivity contribution in [2.24, 2.45) is 5.92 Å². The van der Waals surface area contributed by atoms with Gasteiger partial charge in [-0.2, -0.15) is 0 Å². The van der Waals surface area contributed by atoms with Gasteiger partial charge in [-0.25, -0.2) is 0 Å². The van der Waals surface area contributed by atoms with Crippen LogP contribution in [0.25, 0.3) is 0 Å². The molecule has 2 atom stereocenters. The molecule has 8 heteroatoms. The second-order valence-corrected chi connectivity index (χ2v) is 5.15. The topological polar surface area (TPSA) is 98.5 Å². The highest BCUT2D eigenvalue weighted by atomic mass is 35.5. The molecular weight excluding hydrogens is 300 g/mol. The number of hydrogen-bond acceptors (Lipinski definition) is 5. The number of rotatable bonds is 6. The van der Waals surface area contributed by atoms with Gasteiger partial charge in [0, 0.05) is 22.9 Å². The molecule has 1 N–H and O–H groups in total. The normalized spacial score (nSPS) is 19.7. The summed E-state index contributed by atoms with van der Waals surface area (Å²) in [6, 6.07) is 6.11. The Morgan fingerprint density at radius 1 is 1.48 bits per heavy atom. The second kappa shape index (κ2) is 6.53. The Morgan fingerprint density at radius 2 is 2.24 bits per heavy atom. The summed E-state index contributed by atoms with van der Waals surface area (Å²) in [6.07, 6.45) is 0.177. The van der Waals surface area contributed by atoms with Crippen LogP contribution in [0, 0.1) is 16.0 Å². The molecule has 0 saturated heterocycles. The highest BCUT2D eigenvalue weighted by Gasteiger charge is 2.54. The molecule has 0 radical (unpaired) electrons. The van der Waals surface area contributed by atoms with Crippen molar-refractivity contribution in [3.63, 3.8) is 0 Å². The molecule has 0 aromatic heterocycles. The Morgan fingerprint density at radius 3 is 2.86 bits per heavy atom. The first kappa shape index (κ1) is 15.2. The van der Waals surface area contributed by atoms with E-state index in [1.54, 1.807) is 24.3 Å². The van der Waals surface area contributed by atoms with Crippen molar-refractivity contribution in [1.29, 1.82) is 0 Å². The van der Waals surface area contributed by atoms with E-state index in [0.29, 0.717) is 5.02 Å². The summed E-state index contributed by atoms with van der Waals surface area (Å²) in [7, 11) is 0. The molecule has 1 aromatic carbocycles. The van der Waals surface area contributed by atoms with Crippen LogP contribution in [0.4, 0.5) is 0 Å². The van der Waals surface area contributed by atoms with Gasteiger partial charge in [-0.05, 0) is 17.7 Å². The fraction of sp³-hybridized carbons (Fsp3) is 0.385. The fourth-order valence-electron chi connectivity index (χ4n) is 1.81. The zero-order chi connectivity index (χ0) is 15.4. The molecule has 2 rings (SSSR count). The van der Waals surface area contributed by atoms with Gasteiger partial charge in [-0.1, -0.05) is 23.7 Å². The molecule has 7 nitrogen and oxygen atoms in total. The third-order valence-corrected chi connectivity index (χ3v) is 3.29. The Hall–Kier alpha value is -2.15. The number of ether oxygens (including phenoxy) is 1. The van der Waals surface area contributed by atoms with Gasteiger partial charge in [0.25, 0.3) is 5.91 Å². The van der Waals surface area contributed by atoms with Crippen LogP contribution in [0.2, 0.25) is 5.02 Å². The monoisotopic (exact) mass is 312 g/mol. The zero-order valence-corrected chi connectivity index (χ0v) is 11.7. The summed E-state index contributed by atoms with van der Waals surface area (Å²) in [5.41, 5.74) is 0.817. The van der Waals surface area contributed by atoms with E-state index in [9.17, 15) is 19.7 Å². The minimum atomic E-state index is -0.868. The molecule has 1 aromatic rings. The molecule has 0 aliphatic heterocycles. The van der Waals surface area contributed by atoms with Crippen LogP contribution in [0.3, 0.4) is 0 Å². The largest absolute Gasteiger partial charge is 0.455 e. The Kier molecular flexibility index (Phi) is 4.74. The van der Waals surface area contributed by atoms with Gasteiger partial charge in [-0.15, -0.1) is 0 Å². The quantitative estimate of drug-likeness (QED) is 0.483. The SMILES string of the molecule is O=C(COC(=O)C1CC1[N+](=O)[O-])NCc1cccc(Cl)c1. The third kappa shape index (κ3) is 4.42. The first-order valence-corrected chi connectivity index (χ1v) is 6.66. The van der Waals surface area contributed by atoms with E-state index in [0.717, 1.165) is 5.56 Å². The predicted molar refractivity (Wildman–Crippen MR) is 73.1 cm³/mol. The number of nitrogens with zero attached hydrogens (tertiary/aromatic N) is 1. The van der Waals surface area contributed by atoms with Crippen molar-refractivity contribution < 1.29 is 19.2 Å². The Balaban J connectivity index is 1.68. The van der Waals surface area contributed by atoms with Crippen molar-refractivity contribution in [1.82, 2.24) is 5.32 Å². The molecule has 1 amide bonds. The number of amides is 1. The van der Waals surface area contributed by atoms with Crippen LogP contribution >= 0.6 is 11.6 Å². The lowest BCUT2D eigenvalue weighted by atomic mass is 10.2. The number of hydrogen-bond donors (Lipinski definition) is 1. The summed E-state index contributed by atoms with van der Waals surface area (Å²) in [6.45, 7) is -0.182. The van der Waals surface area contributed by atoms with Crippen LogP contribution in [-0.2, 0) is 20.9 Å². The number of carbonyl (C=O) groups is 2. The summed E-state index contributed by atoms with van der Waals surface area (Å²) in [5.74, 6) is -1.89. The Bertz CT molecular complexity index is 577. The van der Waals surface area contributed by atoms with Crippen LogP contribution in [0.1, 0.15) is 12.0 Å². The number of halogens is 1. The van der Waals surface area contributed by atoms with E-state index in [4.69, 9.17) is 16.3 Å². The van der Waals surface area contributed by atoms with Crippen LogP contribution in [0.15, 0.2) is 24.3 Å². The lowest BCUT2D eigenvalue weighted by Gasteiger charge is -2.06. The second-order valence-electron chi connectivity index (χ2n) is 4.71. The molecule has 1 fully saturated rings. The third-order valence-electron chi connectivity index (χ3n) is 3.05. The average Bonchev–Trinajstić information content (AvgIpc) is 3.23. The van der Waals surface area contributed by atoms with Crippen LogP contribution in [0.5, 0.6) is 0 Å². The summed E-state index contributed by atoms with van der Waals surface area (Å²) in [5, 5.41) is 13.5. The van der Waals surface area contributed by atoms with E-state index in [1.807, 2.05) is 0 Å². The molecule has 0 bridgehead atoms. The summed E-state index contributed by atoms with van der Waals surface area (Å²) in [4.78, 5) is 32.8. The summed E-state index contributed by atoms with van der Waals surface area (Å²) >= 11 is 5.81. The first-order chi connectivity index (χ1) is 9.97. The number of benzene rings is 1. The Labute approximate surface area is 125 Å². The maximum absolute atomic E-state index is 11.5. The average molecular weight is 313 g/mol. The minimum absolute atomic E-state index is 0.177. The number of nitrogens with one attached hydrogen (secondary N) is 1. The molecular formula is C13H13ClN2O5. The van der Waals surface area contributed by atoms with Crippen molar-refractivity contribution in [3.8, 4) is 0 Å². The smallest absolute Gasteiger partial charge is 0.316 e.